The lowest BCUT2D eigenvalue weighted by molar-refractivity contribution is -0.142. The van der Waals surface area contributed by atoms with E-state index >= 15 is 0 Å². The Morgan fingerprint density at radius 3 is 1.78 bits per heavy atom. The summed E-state index contributed by atoms with van der Waals surface area (Å²) in [5, 5.41) is 25.8. The minimum atomic E-state index is -1.68. The van der Waals surface area contributed by atoms with E-state index in [4.69, 9.17) is 28.7 Å². The lowest BCUT2D eigenvalue weighted by Gasteiger charge is -2.33. The average Bonchev–Trinajstić information content (AvgIpc) is 3.29. The first-order chi connectivity index (χ1) is 31.8. The van der Waals surface area contributed by atoms with E-state index in [1.165, 1.54) is 0 Å². The Kier molecular flexibility index (Phi) is 22.8. The minimum absolute atomic E-state index is 0.0273. The molecule has 21 heteroatoms. The Morgan fingerprint density at radius 2 is 1.21 bits per heavy atom. The molecule has 67 heavy (non-hydrogen) atoms. The number of guanidine groups is 2. The number of nitrogens with one attached hydrogen (secondary N) is 5. The third-order valence-corrected chi connectivity index (χ3v) is 12.3. The number of likely N-dealkylation sites (tertiary alicyclic amines) is 1. The molecule has 0 spiro atoms. The van der Waals surface area contributed by atoms with E-state index in [1.54, 1.807) is 13.8 Å². The monoisotopic (exact) mass is 936 g/mol. The van der Waals surface area contributed by atoms with Gasteiger partial charge in [-0.05, 0) is 79.2 Å². The quantitative estimate of drug-likeness (QED) is 0.0296. The molecule has 0 aromatic heterocycles. The summed E-state index contributed by atoms with van der Waals surface area (Å²) in [6.07, 6.45) is 2.68. The van der Waals surface area contributed by atoms with Gasteiger partial charge in [-0.2, -0.15) is 0 Å². The molecule has 1 fully saturated rings. The molecule has 16 N–H and O–H groups in total. The van der Waals surface area contributed by atoms with Crippen molar-refractivity contribution < 1.29 is 38.7 Å². The van der Waals surface area contributed by atoms with Crippen LogP contribution in [0.1, 0.15) is 91.0 Å². The number of nitrogens with two attached hydrogens (primary N) is 5. The van der Waals surface area contributed by atoms with Gasteiger partial charge in [-0.25, -0.2) is 0 Å². The molecule has 0 radical (unpaired) electrons. The van der Waals surface area contributed by atoms with Gasteiger partial charge >= 0.3 is 5.97 Å². The van der Waals surface area contributed by atoms with Crippen LogP contribution in [0.3, 0.4) is 0 Å². The summed E-state index contributed by atoms with van der Waals surface area (Å²) in [6.45, 7) is 9.01. The molecule has 3 rings (SSSR count). The number of fused-ring (bicyclic) bond motifs is 1. The van der Waals surface area contributed by atoms with Crippen LogP contribution < -0.4 is 55.3 Å². The van der Waals surface area contributed by atoms with Crippen LogP contribution in [0.15, 0.2) is 52.4 Å². The first-order valence-electron chi connectivity index (χ1n) is 23.1. The molecular weight excluding hydrogens is 863 g/mol. The van der Waals surface area contributed by atoms with Gasteiger partial charge < -0.3 is 65.3 Å². The Labute approximate surface area is 392 Å². The van der Waals surface area contributed by atoms with Gasteiger partial charge in [0.2, 0.25) is 35.4 Å². The smallest absolute Gasteiger partial charge is 0.305 e. The van der Waals surface area contributed by atoms with Gasteiger partial charge in [0.05, 0.1) is 18.9 Å². The predicted molar refractivity (Wildman–Crippen MR) is 257 cm³/mol. The van der Waals surface area contributed by atoms with Crippen LogP contribution in [0.2, 0.25) is 0 Å². The maximum absolute atomic E-state index is 14.1. The molecule has 0 unspecified atom stereocenters. The zero-order valence-electron chi connectivity index (χ0n) is 39.3. The van der Waals surface area contributed by atoms with Gasteiger partial charge in [-0.3, -0.25) is 43.5 Å². The molecule has 2 aromatic carbocycles. The molecule has 0 aliphatic carbocycles. The lowest BCUT2D eigenvalue weighted by atomic mass is 9.95. The SMILES string of the molecule is CC[C@H](C)[C@H](NC(=O)[C@H](CCCN=C(N)N)NC(=O)[C@H](CC(=O)O)NC(=O)[C@@H](NC(=O)[C@H](CCCN=C(N)N)NCC1CCN(C(=O)Cc2ccc3ccccc3c2)CC1)[C@@H](C)CC)C(N)=O. The molecule has 2 aromatic rings. The molecule has 6 amide bonds. The second-order valence-corrected chi connectivity index (χ2v) is 17.4. The standard InChI is InChI=1S/C46H73N13O8/c1-5-27(3)38(40(47)63)57-42(65)34(14-10-20-53-46(50)51)55-43(66)35(25-37(61)62)56-44(67)39(28(4)6-2)58-41(64)33(13-9-19-52-45(48)49)54-26-29-17-21-59(22-18-29)36(60)24-30-15-16-31-11-7-8-12-32(31)23-30/h7-8,11-12,15-16,23,27-29,33-35,38-39,54H,5-6,9-10,13-14,17-22,24-26H2,1-4H3,(H2,47,63)(H,55,66)(H,56,67)(H,57,65)(H,58,64)(H,61,62)(H4,48,49,52)(H4,50,51,53)/t27-,28-,33-,34-,35-,38-,39-/m0/s1. The van der Waals surface area contributed by atoms with Crippen molar-refractivity contribution in [3.05, 3.63) is 48.0 Å². The van der Waals surface area contributed by atoms with Crippen molar-refractivity contribution in [1.82, 2.24) is 31.5 Å². The highest BCUT2D eigenvalue weighted by Gasteiger charge is 2.35. The summed E-state index contributed by atoms with van der Waals surface area (Å²) < 4.78 is 0. The second-order valence-electron chi connectivity index (χ2n) is 17.4. The zero-order valence-corrected chi connectivity index (χ0v) is 39.3. The number of amides is 6. The molecule has 21 nitrogen and oxygen atoms in total. The van der Waals surface area contributed by atoms with Crippen LogP contribution in [-0.4, -0.2) is 126 Å². The summed E-state index contributed by atoms with van der Waals surface area (Å²) >= 11 is 0. The third-order valence-electron chi connectivity index (χ3n) is 12.3. The highest BCUT2D eigenvalue weighted by molar-refractivity contribution is 5.97. The first-order valence-corrected chi connectivity index (χ1v) is 23.1. The molecule has 7 atom stereocenters. The Bertz CT molecular complexity index is 2050. The summed E-state index contributed by atoms with van der Waals surface area (Å²) in [6, 6.07) is 8.01. The summed E-state index contributed by atoms with van der Waals surface area (Å²) in [7, 11) is 0. The van der Waals surface area contributed by atoms with Crippen molar-refractivity contribution >= 4 is 64.1 Å². The van der Waals surface area contributed by atoms with Gasteiger partial charge in [-0.1, -0.05) is 83.0 Å². The number of carboxylic acid groups (broad SMARTS) is 1. The molecule has 0 saturated carbocycles. The molecule has 1 aliphatic rings. The number of benzene rings is 2. The molecule has 370 valence electrons. The van der Waals surface area contributed by atoms with Crippen molar-refractivity contribution in [2.45, 2.75) is 122 Å². The van der Waals surface area contributed by atoms with Gasteiger partial charge in [0.25, 0.3) is 0 Å². The average molecular weight is 936 g/mol. The van der Waals surface area contributed by atoms with E-state index in [0.717, 1.165) is 16.3 Å². The fourth-order valence-electron chi connectivity index (χ4n) is 7.79. The van der Waals surface area contributed by atoms with Crippen molar-refractivity contribution in [3.63, 3.8) is 0 Å². The number of piperidine rings is 1. The summed E-state index contributed by atoms with van der Waals surface area (Å²) in [4.78, 5) is 103. The topological polar surface area (TPSA) is 358 Å². The second kappa shape index (κ2) is 27.8. The number of carbonyl (C=O) groups excluding carboxylic acids is 6. The van der Waals surface area contributed by atoms with Crippen molar-refractivity contribution in [1.29, 1.82) is 0 Å². The van der Waals surface area contributed by atoms with Gasteiger partial charge in [0.1, 0.15) is 24.2 Å². The Balaban J connectivity index is 1.73. The van der Waals surface area contributed by atoms with Crippen LogP contribution in [-0.2, 0) is 40.0 Å². The number of primary amides is 1. The highest BCUT2D eigenvalue weighted by atomic mass is 16.4. The fourth-order valence-corrected chi connectivity index (χ4v) is 7.79. The van der Waals surface area contributed by atoms with Crippen LogP contribution >= 0.6 is 0 Å². The van der Waals surface area contributed by atoms with E-state index in [2.05, 4.69) is 36.6 Å². The maximum atomic E-state index is 14.1. The number of hydrogen-bond donors (Lipinski definition) is 11. The normalized spacial score (nSPS) is 15.9. The van der Waals surface area contributed by atoms with Crippen LogP contribution in [0.5, 0.6) is 0 Å². The molecule has 1 saturated heterocycles. The summed E-state index contributed by atoms with van der Waals surface area (Å²) in [5.74, 6) is -6.18. The van der Waals surface area contributed by atoms with Gasteiger partial charge in [0.15, 0.2) is 11.9 Å². The molecular formula is C46H73N13O8. The van der Waals surface area contributed by atoms with Crippen molar-refractivity contribution in [2.24, 2.45) is 56.4 Å². The van der Waals surface area contributed by atoms with Crippen LogP contribution in [0.4, 0.5) is 0 Å². The zero-order chi connectivity index (χ0) is 49.6. The molecule has 1 aliphatic heterocycles. The van der Waals surface area contributed by atoms with E-state index in [9.17, 15) is 38.7 Å². The number of carboxylic acids is 1. The minimum Gasteiger partial charge on any atom is -0.481 e. The Hall–Kier alpha value is -6.51. The first kappa shape index (κ1) is 54.8. The largest absolute Gasteiger partial charge is 0.481 e. The Morgan fingerprint density at radius 1 is 0.687 bits per heavy atom. The lowest BCUT2D eigenvalue weighted by Crippen LogP contribution is -2.60. The number of aliphatic carboxylic acids is 1. The summed E-state index contributed by atoms with van der Waals surface area (Å²) in [5.41, 5.74) is 28.5. The number of carbonyl (C=O) groups is 7. The molecule has 0 bridgehead atoms. The number of hydrogen-bond acceptors (Lipinski definition) is 10. The van der Waals surface area contributed by atoms with E-state index < -0.39 is 78.1 Å². The maximum Gasteiger partial charge on any atom is 0.305 e. The predicted octanol–water partition coefficient (Wildman–Crippen LogP) is -0.322. The van der Waals surface area contributed by atoms with Crippen molar-refractivity contribution in [3.8, 4) is 0 Å². The van der Waals surface area contributed by atoms with E-state index in [-0.39, 0.29) is 55.6 Å². The van der Waals surface area contributed by atoms with Crippen LogP contribution in [0, 0.1) is 17.8 Å². The van der Waals surface area contributed by atoms with E-state index in [0.29, 0.717) is 64.6 Å². The third kappa shape index (κ3) is 18.7. The van der Waals surface area contributed by atoms with E-state index in [1.807, 2.05) is 61.2 Å². The fraction of sp³-hybridized carbons (Fsp3) is 0.587. The number of nitrogens with zero attached hydrogens (tertiary/aromatic N) is 3. The van der Waals surface area contributed by atoms with Crippen LogP contribution in [0.25, 0.3) is 10.8 Å². The number of rotatable bonds is 28. The van der Waals surface area contributed by atoms with Gasteiger partial charge in [-0.15, -0.1) is 0 Å². The van der Waals surface area contributed by atoms with Gasteiger partial charge in [0, 0.05) is 26.2 Å². The highest BCUT2D eigenvalue weighted by Crippen LogP contribution is 2.21. The molecule has 1 heterocycles. The number of aliphatic imine (C=N–C) groups is 2. The van der Waals surface area contributed by atoms with Crippen molar-refractivity contribution in [2.75, 3.05) is 32.7 Å².